The molecule has 1 amide bonds. The second kappa shape index (κ2) is 7.58. The maximum Gasteiger partial charge on any atom is 0.209 e. The van der Waals surface area contributed by atoms with Gasteiger partial charge in [0.25, 0.3) is 0 Å². The molecule has 2 aliphatic heterocycles. The molecule has 7 nitrogen and oxygen atoms in total. The first kappa shape index (κ1) is 19.2. The molecule has 0 aromatic heterocycles. The van der Waals surface area contributed by atoms with Gasteiger partial charge < -0.3 is 19.2 Å². The molecule has 0 N–H and O–H groups in total. The van der Waals surface area contributed by atoms with Gasteiger partial charge in [0.15, 0.2) is 11.5 Å². The summed E-state index contributed by atoms with van der Waals surface area (Å²) in [6.45, 7) is 5.47. The molecular formula is C20H27N3O4. The van der Waals surface area contributed by atoms with E-state index in [0.29, 0.717) is 24.6 Å². The minimum Gasteiger partial charge on any atom is -0.493 e. The number of aldehydes is 1. The molecule has 0 aliphatic carbocycles. The Morgan fingerprint density at radius 1 is 1.11 bits per heavy atom. The third kappa shape index (κ3) is 3.38. The van der Waals surface area contributed by atoms with Crippen molar-refractivity contribution >= 4 is 18.4 Å². The minimum atomic E-state index is -0.441. The van der Waals surface area contributed by atoms with Gasteiger partial charge in [0, 0.05) is 24.1 Å². The smallest absolute Gasteiger partial charge is 0.209 e. The van der Waals surface area contributed by atoms with Gasteiger partial charge in [-0.05, 0) is 31.0 Å². The Morgan fingerprint density at radius 3 is 2.33 bits per heavy atom. The molecule has 2 heterocycles. The van der Waals surface area contributed by atoms with E-state index >= 15 is 0 Å². The van der Waals surface area contributed by atoms with Crippen molar-refractivity contribution in [1.82, 2.24) is 9.91 Å². The summed E-state index contributed by atoms with van der Waals surface area (Å²) in [5.74, 6) is 1.29. The first-order valence-electron chi connectivity index (χ1n) is 9.20. The number of ether oxygens (including phenoxy) is 2. The van der Waals surface area contributed by atoms with Crippen molar-refractivity contribution in [2.24, 2.45) is 10.5 Å². The number of rotatable bonds is 6. The van der Waals surface area contributed by atoms with Crippen LogP contribution in [-0.4, -0.2) is 67.7 Å². The normalized spacial score (nSPS) is 22.4. The Morgan fingerprint density at radius 2 is 1.78 bits per heavy atom. The lowest BCUT2D eigenvalue weighted by Gasteiger charge is -2.38. The van der Waals surface area contributed by atoms with E-state index in [1.807, 2.05) is 37.1 Å². The number of benzene rings is 1. The Bertz CT molecular complexity index is 739. The van der Waals surface area contributed by atoms with Crippen molar-refractivity contribution in [2.45, 2.75) is 38.8 Å². The van der Waals surface area contributed by atoms with Gasteiger partial charge in [-0.3, -0.25) is 9.80 Å². The second-order valence-corrected chi connectivity index (χ2v) is 7.57. The van der Waals surface area contributed by atoms with E-state index in [9.17, 15) is 9.59 Å². The highest BCUT2D eigenvalue weighted by molar-refractivity contribution is 6.07. The van der Waals surface area contributed by atoms with Crippen LogP contribution in [0.1, 0.15) is 32.3 Å². The second-order valence-electron chi connectivity index (χ2n) is 7.57. The van der Waals surface area contributed by atoms with E-state index in [-0.39, 0.29) is 12.1 Å². The summed E-state index contributed by atoms with van der Waals surface area (Å²) in [6.07, 6.45) is 3.49. The minimum absolute atomic E-state index is 0.147. The summed E-state index contributed by atoms with van der Waals surface area (Å²) in [5, 5.41) is 6.83. The molecule has 0 spiro atoms. The zero-order valence-corrected chi connectivity index (χ0v) is 16.3. The van der Waals surface area contributed by atoms with Crippen LogP contribution in [0.5, 0.6) is 11.5 Å². The van der Waals surface area contributed by atoms with Crippen LogP contribution in [0.15, 0.2) is 23.3 Å². The third-order valence-corrected chi connectivity index (χ3v) is 5.66. The summed E-state index contributed by atoms with van der Waals surface area (Å²) in [5.41, 5.74) is 1.33. The summed E-state index contributed by atoms with van der Waals surface area (Å²) in [6, 6.07) is 5.51. The first-order chi connectivity index (χ1) is 13.0. The molecule has 1 aromatic rings. The van der Waals surface area contributed by atoms with Crippen LogP contribution in [0.4, 0.5) is 0 Å². The van der Waals surface area contributed by atoms with Crippen LogP contribution in [0.2, 0.25) is 0 Å². The highest BCUT2D eigenvalue weighted by Gasteiger charge is 2.47. The standard InChI is InChI=1S/C20H27N3O4/c1-20(2)18(12-24)23(15-7-9-22(13-25)10-8-15)21-19(20)14-5-6-16(26-3)17(11-14)27-4/h5-6,11-13,15,18H,7-10H2,1-4H3. The van der Waals surface area contributed by atoms with Crippen LogP contribution < -0.4 is 9.47 Å². The van der Waals surface area contributed by atoms with Gasteiger partial charge in [-0.1, -0.05) is 13.8 Å². The van der Waals surface area contributed by atoms with Gasteiger partial charge in [-0.15, -0.1) is 0 Å². The number of hydrogen-bond donors (Lipinski definition) is 0. The van der Waals surface area contributed by atoms with Crippen molar-refractivity contribution in [3.05, 3.63) is 23.8 Å². The SMILES string of the molecule is COc1ccc(C2=NN(C3CCN(C=O)CC3)C(C=O)C2(C)C)cc1OC. The molecule has 2 aliphatic rings. The number of carbonyl (C=O) groups excluding carboxylic acids is 2. The van der Waals surface area contributed by atoms with Crippen molar-refractivity contribution in [2.75, 3.05) is 27.3 Å². The van der Waals surface area contributed by atoms with Gasteiger partial charge in [0.05, 0.1) is 26.0 Å². The predicted molar refractivity (Wildman–Crippen MR) is 102 cm³/mol. The fourth-order valence-electron chi connectivity index (χ4n) is 3.99. The van der Waals surface area contributed by atoms with E-state index in [0.717, 1.165) is 36.8 Å². The number of likely N-dealkylation sites (tertiary alicyclic amines) is 1. The molecule has 3 rings (SSSR count). The maximum absolute atomic E-state index is 12.0. The van der Waals surface area contributed by atoms with E-state index < -0.39 is 5.41 Å². The Kier molecular flexibility index (Phi) is 5.39. The molecule has 27 heavy (non-hydrogen) atoms. The lowest BCUT2D eigenvalue weighted by atomic mass is 9.78. The lowest BCUT2D eigenvalue weighted by Crippen LogP contribution is -2.49. The molecule has 1 atom stereocenters. The summed E-state index contributed by atoms with van der Waals surface area (Å²) in [4.78, 5) is 24.7. The number of hydrazone groups is 1. The Balaban J connectivity index is 1.94. The third-order valence-electron chi connectivity index (χ3n) is 5.66. The van der Waals surface area contributed by atoms with Crippen LogP contribution in [0.25, 0.3) is 0 Å². The van der Waals surface area contributed by atoms with Crippen molar-refractivity contribution in [1.29, 1.82) is 0 Å². The summed E-state index contributed by atoms with van der Waals surface area (Å²) < 4.78 is 10.7. The van der Waals surface area contributed by atoms with Gasteiger partial charge in [0.2, 0.25) is 6.41 Å². The predicted octanol–water partition coefficient (Wildman–Crippen LogP) is 1.94. The van der Waals surface area contributed by atoms with Crippen molar-refractivity contribution in [3.63, 3.8) is 0 Å². The summed E-state index contributed by atoms with van der Waals surface area (Å²) in [7, 11) is 3.20. The fraction of sp³-hybridized carbons (Fsp3) is 0.550. The van der Waals surface area contributed by atoms with Crippen molar-refractivity contribution in [3.8, 4) is 11.5 Å². The van der Waals surface area contributed by atoms with Gasteiger partial charge in [-0.2, -0.15) is 5.10 Å². The molecule has 1 saturated heterocycles. The first-order valence-corrected chi connectivity index (χ1v) is 9.20. The number of methoxy groups -OCH3 is 2. The topological polar surface area (TPSA) is 71.4 Å². The maximum atomic E-state index is 12.0. The quantitative estimate of drug-likeness (QED) is 0.713. The summed E-state index contributed by atoms with van der Waals surface area (Å²) >= 11 is 0. The fourth-order valence-corrected chi connectivity index (χ4v) is 3.99. The van der Waals surface area contributed by atoms with Gasteiger partial charge >= 0.3 is 0 Å². The van der Waals surface area contributed by atoms with E-state index in [2.05, 4.69) is 0 Å². The van der Waals surface area contributed by atoms with E-state index in [4.69, 9.17) is 14.6 Å². The molecular weight excluding hydrogens is 346 g/mol. The van der Waals surface area contributed by atoms with E-state index in [1.54, 1.807) is 19.1 Å². The largest absolute Gasteiger partial charge is 0.493 e. The van der Waals surface area contributed by atoms with Gasteiger partial charge in [0.1, 0.15) is 12.3 Å². The van der Waals surface area contributed by atoms with E-state index in [1.165, 1.54) is 0 Å². The molecule has 7 heteroatoms. The van der Waals surface area contributed by atoms with Crippen LogP contribution in [-0.2, 0) is 9.59 Å². The number of amides is 1. The molecule has 1 fully saturated rings. The van der Waals surface area contributed by atoms with Crippen LogP contribution >= 0.6 is 0 Å². The lowest BCUT2D eigenvalue weighted by molar-refractivity contribution is -0.121. The number of carbonyl (C=O) groups is 2. The Hall–Kier alpha value is -2.57. The monoisotopic (exact) mass is 373 g/mol. The molecule has 0 bridgehead atoms. The van der Waals surface area contributed by atoms with Gasteiger partial charge in [-0.25, -0.2) is 0 Å². The highest BCUT2D eigenvalue weighted by Crippen LogP contribution is 2.40. The molecule has 146 valence electrons. The molecule has 1 aromatic carbocycles. The average Bonchev–Trinajstić information content (AvgIpc) is 2.97. The number of piperidine rings is 1. The molecule has 1 unspecified atom stereocenters. The van der Waals surface area contributed by atoms with Crippen LogP contribution in [0.3, 0.4) is 0 Å². The molecule has 0 radical (unpaired) electrons. The average molecular weight is 373 g/mol. The Labute approximate surface area is 159 Å². The number of hydrogen-bond acceptors (Lipinski definition) is 6. The zero-order valence-electron chi connectivity index (χ0n) is 16.3. The number of nitrogens with zero attached hydrogens (tertiary/aromatic N) is 3. The zero-order chi connectivity index (χ0) is 19.6. The molecule has 0 saturated carbocycles. The van der Waals surface area contributed by atoms with Crippen LogP contribution in [0, 0.1) is 5.41 Å². The highest BCUT2D eigenvalue weighted by atomic mass is 16.5. The van der Waals surface area contributed by atoms with Crippen molar-refractivity contribution < 1.29 is 19.1 Å².